The van der Waals surface area contributed by atoms with Gasteiger partial charge in [0, 0.05) is 69.7 Å². The molecule has 0 saturated carbocycles. The molecule has 0 spiro atoms. The summed E-state index contributed by atoms with van der Waals surface area (Å²) in [5, 5.41) is 0. The van der Waals surface area contributed by atoms with E-state index in [0.717, 1.165) is 11.1 Å². The standard InChI is InChI=1S/C35H38F3N7O4/c1-3-48-34-41-31(47-2)27(32(42-34)49-23-35(36,37)38)21-43-19-26-20-44(33(46)28-18-39-14-15-40-28)16-17-45(26)29(22-43)30(24-10-6-4-7-11-24)25-12-8-5-9-13-25/h4-15,18,26,29-30H,3,16-17,19-23H2,1-2H3/t26-,29+/m1/s1. The smallest absolute Gasteiger partial charge is 0.422 e. The van der Waals surface area contributed by atoms with Crippen molar-refractivity contribution in [1.29, 1.82) is 0 Å². The van der Waals surface area contributed by atoms with E-state index in [0.29, 0.717) is 32.7 Å². The predicted molar refractivity (Wildman–Crippen MR) is 174 cm³/mol. The maximum Gasteiger partial charge on any atom is 0.422 e. The normalized spacial score (nSPS) is 18.6. The minimum atomic E-state index is -4.59. The zero-order valence-electron chi connectivity index (χ0n) is 27.3. The molecule has 2 aromatic heterocycles. The van der Waals surface area contributed by atoms with Crippen LogP contribution >= 0.6 is 0 Å². The second kappa shape index (κ2) is 15.2. The van der Waals surface area contributed by atoms with Crippen molar-refractivity contribution in [3.8, 4) is 17.8 Å². The zero-order chi connectivity index (χ0) is 34.4. The van der Waals surface area contributed by atoms with Gasteiger partial charge in [-0.3, -0.25) is 19.6 Å². The number of methoxy groups -OCH3 is 1. The third-order valence-electron chi connectivity index (χ3n) is 8.77. The van der Waals surface area contributed by atoms with E-state index in [4.69, 9.17) is 14.2 Å². The Morgan fingerprint density at radius 3 is 2.22 bits per heavy atom. The maximum absolute atomic E-state index is 13.5. The SMILES string of the molecule is CCOc1nc(OC)c(CN2C[C@@H]3CN(C(=O)c4cnccn4)CCN3[C@H](C(c3ccccc3)c3ccccc3)C2)c(OCC(F)(F)F)n1. The van der Waals surface area contributed by atoms with Crippen molar-refractivity contribution in [3.63, 3.8) is 0 Å². The quantitative estimate of drug-likeness (QED) is 0.226. The van der Waals surface area contributed by atoms with Crippen molar-refractivity contribution in [2.75, 3.05) is 53.0 Å². The molecule has 0 N–H and O–H groups in total. The van der Waals surface area contributed by atoms with Crippen LogP contribution in [0.3, 0.4) is 0 Å². The Morgan fingerprint density at radius 2 is 1.61 bits per heavy atom. The zero-order valence-corrected chi connectivity index (χ0v) is 27.3. The Hall–Kier alpha value is -4.82. The molecule has 14 heteroatoms. The van der Waals surface area contributed by atoms with Crippen molar-refractivity contribution < 1.29 is 32.2 Å². The number of carbonyl (C=O) groups excluding carboxylic acids is 1. The number of piperazine rings is 2. The minimum Gasteiger partial charge on any atom is -0.481 e. The molecule has 0 bridgehead atoms. The van der Waals surface area contributed by atoms with Crippen molar-refractivity contribution in [2.24, 2.45) is 0 Å². The van der Waals surface area contributed by atoms with Crippen LogP contribution in [0.1, 0.15) is 40.0 Å². The fourth-order valence-electron chi connectivity index (χ4n) is 6.77. The van der Waals surface area contributed by atoms with Gasteiger partial charge >= 0.3 is 12.2 Å². The van der Waals surface area contributed by atoms with Crippen molar-refractivity contribution in [2.45, 2.75) is 37.6 Å². The average Bonchev–Trinajstić information content (AvgIpc) is 3.12. The number of amides is 1. The lowest BCUT2D eigenvalue weighted by atomic mass is 9.81. The lowest BCUT2D eigenvalue weighted by Gasteiger charge is -2.53. The van der Waals surface area contributed by atoms with Crippen LogP contribution in [0.4, 0.5) is 13.2 Å². The first-order chi connectivity index (χ1) is 23.7. The molecule has 49 heavy (non-hydrogen) atoms. The van der Waals surface area contributed by atoms with Crippen molar-refractivity contribution in [1.82, 2.24) is 34.6 Å². The third-order valence-corrected chi connectivity index (χ3v) is 8.77. The number of hydrogen-bond acceptors (Lipinski definition) is 10. The monoisotopic (exact) mass is 677 g/mol. The molecule has 2 fully saturated rings. The van der Waals surface area contributed by atoms with E-state index in [1.807, 2.05) is 36.4 Å². The fraction of sp³-hybridized carbons (Fsp3) is 0.400. The lowest BCUT2D eigenvalue weighted by molar-refractivity contribution is -0.154. The Balaban J connectivity index is 1.38. The van der Waals surface area contributed by atoms with Crippen molar-refractivity contribution >= 4 is 5.91 Å². The number of benzene rings is 2. The van der Waals surface area contributed by atoms with Crippen LogP contribution < -0.4 is 14.2 Å². The molecule has 4 heterocycles. The molecule has 258 valence electrons. The van der Waals surface area contributed by atoms with Crippen LogP contribution in [0.5, 0.6) is 17.8 Å². The first-order valence-corrected chi connectivity index (χ1v) is 16.1. The highest BCUT2D eigenvalue weighted by molar-refractivity contribution is 5.92. The van der Waals surface area contributed by atoms with Gasteiger partial charge in [0.25, 0.3) is 5.91 Å². The number of ether oxygens (including phenoxy) is 3. The van der Waals surface area contributed by atoms with Gasteiger partial charge < -0.3 is 19.1 Å². The largest absolute Gasteiger partial charge is 0.481 e. The van der Waals surface area contributed by atoms with Crippen LogP contribution in [-0.4, -0.2) is 112 Å². The summed E-state index contributed by atoms with van der Waals surface area (Å²) >= 11 is 0. The van der Waals surface area contributed by atoms with Gasteiger partial charge in [0.15, 0.2) is 6.61 Å². The first kappa shape index (κ1) is 34.1. The summed E-state index contributed by atoms with van der Waals surface area (Å²) in [4.78, 5) is 36.8. The summed E-state index contributed by atoms with van der Waals surface area (Å²) in [6.07, 6.45) is -0.0991. The molecule has 1 amide bonds. The van der Waals surface area contributed by atoms with E-state index >= 15 is 0 Å². The molecule has 2 aliphatic heterocycles. The Morgan fingerprint density at radius 1 is 0.918 bits per heavy atom. The molecule has 2 aliphatic rings. The number of fused-ring (bicyclic) bond motifs is 1. The van der Waals surface area contributed by atoms with Crippen LogP contribution in [0.2, 0.25) is 0 Å². The number of nitrogens with zero attached hydrogens (tertiary/aromatic N) is 7. The number of carbonyl (C=O) groups is 1. The molecule has 6 rings (SSSR count). The topological polar surface area (TPSA) is 106 Å². The van der Waals surface area contributed by atoms with Gasteiger partial charge in [-0.25, -0.2) is 4.98 Å². The highest BCUT2D eigenvalue weighted by Crippen LogP contribution is 2.38. The molecule has 0 unspecified atom stereocenters. The minimum absolute atomic E-state index is 0.0469. The molecule has 0 aliphatic carbocycles. The Labute approximate surface area is 282 Å². The second-order valence-corrected chi connectivity index (χ2v) is 11.9. The van der Waals surface area contributed by atoms with Crippen LogP contribution in [-0.2, 0) is 6.54 Å². The van der Waals surface area contributed by atoms with E-state index in [1.54, 1.807) is 11.8 Å². The van der Waals surface area contributed by atoms with Gasteiger partial charge in [0.2, 0.25) is 11.8 Å². The number of alkyl halides is 3. The van der Waals surface area contributed by atoms with Crippen LogP contribution in [0.25, 0.3) is 0 Å². The predicted octanol–water partition coefficient (Wildman–Crippen LogP) is 4.46. The third kappa shape index (κ3) is 8.08. The summed E-state index contributed by atoms with van der Waals surface area (Å²) in [7, 11) is 1.40. The van der Waals surface area contributed by atoms with Gasteiger partial charge in [-0.05, 0) is 18.1 Å². The first-order valence-electron chi connectivity index (χ1n) is 16.1. The van der Waals surface area contributed by atoms with Crippen LogP contribution in [0, 0.1) is 0 Å². The summed E-state index contributed by atoms with van der Waals surface area (Å²) in [6, 6.07) is 20.2. The number of hydrogen-bond donors (Lipinski definition) is 0. The summed E-state index contributed by atoms with van der Waals surface area (Å²) in [5.74, 6) is -0.430. The van der Waals surface area contributed by atoms with Gasteiger partial charge in [-0.1, -0.05) is 60.7 Å². The number of halogens is 3. The molecule has 2 aromatic carbocycles. The summed E-state index contributed by atoms with van der Waals surface area (Å²) in [5.41, 5.74) is 2.82. The molecule has 2 atom stereocenters. The van der Waals surface area contributed by atoms with Crippen LogP contribution in [0.15, 0.2) is 79.3 Å². The molecular weight excluding hydrogens is 639 g/mol. The van der Waals surface area contributed by atoms with E-state index in [9.17, 15) is 18.0 Å². The van der Waals surface area contributed by atoms with Crippen molar-refractivity contribution in [3.05, 3.63) is 102 Å². The second-order valence-electron chi connectivity index (χ2n) is 11.9. The number of aromatic nitrogens is 4. The molecule has 2 saturated heterocycles. The van der Waals surface area contributed by atoms with Gasteiger partial charge in [0.05, 0.1) is 25.5 Å². The van der Waals surface area contributed by atoms with E-state index in [-0.39, 0.29) is 66.1 Å². The van der Waals surface area contributed by atoms with E-state index in [2.05, 4.69) is 54.0 Å². The molecule has 11 nitrogen and oxygen atoms in total. The van der Waals surface area contributed by atoms with Gasteiger partial charge in [-0.2, -0.15) is 23.1 Å². The lowest BCUT2D eigenvalue weighted by Crippen LogP contribution is -2.67. The maximum atomic E-state index is 13.5. The highest BCUT2D eigenvalue weighted by atomic mass is 19.4. The van der Waals surface area contributed by atoms with Gasteiger partial charge in [-0.15, -0.1) is 0 Å². The summed E-state index contributed by atoms with van der Waals surface area (Å²) < 4.78 is 56.3. The molecular formula is C35H38F3N7O4. The summed E-state index contributed by atoms with van der Waals surface area (Å²) in [6.45, 7) is 3.15. The highest BCUT2D eigenvalue weighted by Gasteiger charge is 2.44. The molecule has 0 radical (unpaired) electrons. The van der Waals surface area contributed by atoms with Gasteiger partial charge in [0.1, 0.15) is 5.69 Å². The van der Waals surface area contributed by atoms with E-state index in [1.165, 1.54) is 25.7 Å². The average molecular weight is 678 g/mol. The molecule has 4 aromatic rings. The fourth-order valence-corrected chi connectivity index (χ4v) is 6.77. The Bertz CT molecular complexity index is 1650. The Kier molecular flexibility index (Phi) is 10.5. The van der Waals surface area contributed by atoms with E-state index < -0.39 is 12.8 Å². The number of rotatable bonds is 11.